The number of carbonyl (C=O) groups is 1. The van der Waals surface area contributed by atoms with E-state index in [1.165, 1.54) is 12.8 Å². The largest absolute Gasteiger partial charge is 0.508 e. The van der Waals surface area contributed by atoms with Crippen LogP contribution in [0.2, 0.25) is 0 Å². The van der Waals surface area contributed by atoms with Crippen LogP contribution in [0, 0.1) is 11.3 Å². The number of fused-ring (bicyclic) bond motifs is 3. The number of phenolic OH excluding ortho intramolecular Hbond substituents is 1. The van der Waals surface area contributed by atoms with Crippen molar-refractivity contribution in [2.24, 2.45) is 11.3 Å². The maximum atomic E-state index is 12.8. The van der Waals surface area contributed by atoms with Crippen molar-refractivity contribution < 1.29 is 9.90 Å². The maximum absolute atomic E-state index is 12.8. The Kier molecular flexibility index (Phi) is 3.43. The van der Waals surface area contributed by atoms with Gasteiger partial charge in [-0.2, -0.15) is 0 Å². The molecule has 1 saturated carbocycles. The number of aromatic hydroxyl groups is 1. The molecule has 2 heteroatoms. The minimum Gasteiger partial charge on any atom is -0.508 e. The summed E-state index contributed by atoms with van der Waals surface area (Å²) in [6, 6.07) is 3.91. The number of benzene rings is 1. The van der Waals surface area contributed by atoms with Crippen molar-refractivity contribution in [2.45, 2.75) is 71.6 Å². The van der Waals surface area contributed by atoms with Crippen LogP contribution < -0.4 is 0 Å². The number of rotatable bonds is 1. The molecule has 0 radical (unpaired) electrons. The summed E-state index contributed by atoms with van der Waals surface area (Å²) in [4.78, 5) is 12.8. The van der Waals surface area contributed by atoms with Crippen LogP contribution in [-0.2, 0) is 5.41 Å². The molecule has 0 bridgehead atoms. The van der Waals surface area contributed by atoms with E-state index in [-0.39, 0.29) is 16.6 Å². The zero-order chi connectivity index (χ0) is 16.3. The lowest BCUT2D eigenvalue weighted by Gasteiger charge is -2.53. The van der Waals surface area contributed by atoms with Crippen molar-refractivity contribution in [3.05, 3.63) is 28.8 Å². The Labute approximate surface area is 133 Å². The molecule has 0 heterocycles. The van der Waals surface area contributed by atoms with Gasteiger partial charge in [-0.05, 0) is 47.8 Å². The molecule has 1 fully saturated rings. The molecule has 2 aliphatic carbocycles. The van der Waals surface area contributed by atoms with E-state index < -0.39 is 0 Å². The number of phenols is 1. The van der Waals surface area contributed by atoms with Crippen LogP contribution in [0.1, 0.15) is 87.7 Å². The summed E-state index contributed by atoms with van der Waals surface area (Å²) in [6.07, 6.45) is 4.02. The van der Waals surface area contributed by atoms with Crippen molar-refractivity contribution in [3.63, 3.8) is 0 Å². The van der Waals surface area contributed by atoms with Crippen LogP contribution in [0.15, 0.2) is 12.1 Å². The lowest BCUT2D eigenvalue weighted by atomic mass is 9.50. The quantitative estimate of drug-likeness (QED) is 0.775. The van der Waals surface area contributed by atoms with Crippen LogP contribution in [0.3, 0.4) is 0 Å². The van der Waals surface area contributed by atoms with Crippen molar-refractivity contribution in [3.8, 4) is 5.75 Å². The highest BCUT2D eigenvalue weighted by atomic mass is 16.3. The molecule has 2 nitrogen and oxygen atoms in total. The first kappa shape index (κ1) is 15.6. The normalized spacial score (nSPS) is 30.1. The minimum absolute atomic E-state index is 0.0788. The Morgan fingerprint density at radius 2 is 1.86 bits per heavy atom. The molecule has 2 aliphatic rings. The zero-order valence-corrected chi connectivity index (χ0v) is 14.5. The van der Waals surface area contributed by atoms with Crippen LogP contribution in [0.5, 0.6) is 5.75 Å². The molecule has 0 aliphatic heterocycles. The van der Waals surface area contributed by atoms with E-state index in [4.69, 9.17) is 0 Å². The van der Waals surface area contributed by atoms with Crippen LogP contribution >= 0.6 is 0 Å². The van der Waals surface area contributed by atoms with E-state index in [0.717, 1.165) is 23.1 Å². The van der Waals surface area contributed by atoms with E-state index >= 15 is 0 Å². The molecular weight excluding hydrogens is 272 g/mol. The fraction of sp³-hybridized carbons (Fsp3) is 0.650. The summed E-state index contributed by atoms with van der Waals surface area (Å²) in [5.41, 5.74) is 2.83. The molecule has 22 heavy (non-hydrogen) atoms. The highest BCUT2D eigenvalue weighted by Gasteiger charge is 2.53. The lowest BCUT2D eigenvalue weighted by Crippen LogP contribution is -2.49. The average Bonchev–Trinajstić information content (AvgIpc) is 2.40. The summed E-state index contributed by atoms with van der Waals surface area (Å²) in [5, 5.41) is 10.7. The van der Waals surface area contributed by atoms with Gasteiger partial charge in [-0.3, -0.25) is 4.79 Å². The van der Waals surface area contributed by atoms with Crippen molar-refractivity contribution in [1.82, 2.24) is 0 Å². The Morgan fingerprint density at radius 1 is 1.18 bits per heavy atom. The first-order chi connectivity index (χ1) is 10.2. The van der Waals surface area contributed by atoms with Gasteiger partial charge < -0.3 is 5.11 Å². The van der Waals surface area contributed by atoms with E-state index in [2.05, 4.69) is 34.6 Å². The van der Waals surface area contributed by atoms with E-state index in [1.54, 1.807) is 0 Å². The number of Topliss-reactive ketones (excluding diaryl/α,β-unsaturated/α-hetero) is 1. The molecule has 0 spiro atoms. The molecule has 1 aromatic carbocycles. The van der Waals surface area contributed by atoms with Gasteiger partial charge >= 0.3 is 0 Å². The van der Waals surface area contributed by atoms with E-state index in [1.807, 2.05) is 12.1 Å². The van der Waals surface area contributed by atoms with Gasteiger partial charge in [0.25, 0.3) is 0 Å². The summed E-state index contributed by atoms with van der Waals surface area (Å²) < 4.78 is 0. The highest BCUT2D eigenvalue weighted by Crippen LogP contribution is 2.58. The maximum Gasteiger partial charge on any atom is 0.163 e. The van der Waals surface area contributed by atoms with Gasteiger partial charge in [0.05, 0.1) is 0 Å². The number of hydrogen-bond donors (Lipinski definition) is 1. The molecule has 0 aromatic heterocycles. The average molecular weight is 300 g/mol. The first-order valence-electron chi connectivity index (χ1n) is 8.57. The molecular formula is C20H28O2. The van der Waals surface area contributed by atoms with Gasteiger partial charge in [-0.15, -0.1) is 0 Å². The lowest BCUT2D eigenvalue weighted by molar-refractivity contribution is 0.0356. The number of ketones is 1. The Morgan fingerprint density at radius 3 is 2.50 bits per heavy atom. The number of carbonyl (C=O) groups excluding carboxylic acids is 1. The third kappa shape index (κ3) is 2.11. The van der Waals surface area contributed by atoms with Gasteiger partial charge in [0.15, 0.2) is 5.78 Å². The Hall–Kier alpha value is -1.31. The van der Waals surface area contributed by atoms with Gasteiger partial charge in [0, 0.05) is 23.0 Å². The highest BCUT2D eigenvalue weighted by molar-refractivity contribution is 6.00. The van der Waals surface area contributed by atoms with Gasteiger partial charge in [0.2, 0.25) is 0 Å². The predicted octanol–water partition coefficient (Wildman–Crippen LogP) is 5.19. The van der Waals surface area contributed by atoms with Gasteiger partial charge in [0.1, 0.15) is 5.75 Å². The zero-order valence-electron chi connectivity index (χ0n) is 14.5. The molecule has 1 aromatic rings. The Bertz CT molecular complexity index is 627. The summed E-state index contributed by atoms with van der Waals surface area (Å²) in [7, 11) is 0. The summed E-state index contributed by atoms with van der Waals surface area (Å²) in [5.74, 6) is 1.19. The van der Waals surface area contributed by atoms with Crippen LogP contribution in [0.4, 0.5) is 0 Å². The topological polar surface area (TPSA) is 37.3 Å². The van der Waals surface area contributed by atoms with E-state index in [0.29, 0.717) is 24.0 Å². The standard InChI is InChI=1S/C20H28O2/c1-12(2)13-9-14-15(21)11-17-19(3,4)7-6-8-20(17,5)18(14)16(22)10-13/h9-10,12,17,22H,6-8,11H2,1-5H3/t17-,20-/m0/s1. The van der Waals surface area contributed by atoms with E-state index in [9.17, 15) is 9.90 Å². The third-order valence-electron chi connectivity index (χ3n) is 6.30. The second-order valence-corrected chi connectivity index (χ2v) is 8.56. The minimum atomic E-state index is -0.0788. The number of hydrogen-bond acceptors (Lipinski definition) is 2. The molecule has 0 amide bonds. The van der Waals surface area contributed by atoms with Crippen molar-refractivity contribution in [1.29, 1.82) is 0 Å². The van der Waals surface area contributed by atoms with Crippen molar-refractivity contribution >= 4 is 5.78 Å². The molecule has 0 saturated heterocycles. The second kappa shape index (κ2) is 4.84. The monoisotopic (exact) mass is 300 g/mol. The molecule has 120 valence electrons. The fourth-order valence-corrected chi connectivity index (χ4v) is 5.02. The summed E-state index contributed by atoms with van der Waals surface area (Å²) in [6.45, 7) is 11.0. The molecule has 0 unspecified atom stereocenters. The first-order valence-corrected chi connectivity index (χ1v) is 8.57. The van der Waals surface area contributed by atoms with Crippen molar-refractivity contribution in [2.75, 3.05) is 0 Å². The fourth-order valence-electron chi connectivity index (χ4n) is 5.02. The SMILES string of the molecule is CC(C)c1cc(O)c2c(c1)C(=O)C[C@H]1C(C)(C)CCC[C@]21C. The molecule has 1 N–H and O–H groups in total. The predicted molar refractivity (Wildman–Crippen MR) is 89.6 cm³/mol. The molecule has 3 rings (SSSR count). The Balaban J connectivity index is 2.22. The van der Waals surface area contributed by atoms with Gasteiger partial charge in [-0.25, -0.2) is 0 Å². The second-order valence-electron chi connectivity index (χ2n) is 8.56. The molecule has 2 atom stereocenters. The van der Waals surface area contributed by atoms with Gasteiger partial charge in [-0.1, -0.05) is 41.0 Å². The third-order valence-corrected chi connectivity index (χ3v) is 6.30. The smallest absolute Gasteiger partial charge is 0.163 e. The summed E-state index contributed by atoms with van der Waals surface area (Å²) >= 11 is 0. The van der Waals surface area contributed by atoms with Crippen LogP contribution in [0.25, 0.3) is 0 Å². The van der Waals surface area contributed by atoms with Crippen LogP contribution in [-0.4, -0.2) is 10.9 Å².